The highest BCUT2D eigenvalue weighted by atomic mass is 16.3. The molecule has 1 aromatic carbocycles. The molecule has 2 aromatic heterocycles. The van der Waals surface area contributed by atoms with Gasteiger partial charge in [-0.15, -0.1) is 0 Å². The minimum absolute atomic E-state index is 0.261. The van der Waals surface area contributed by atoms with Gasteiger partial charge in [-0.2, -0.15) is 0 Å². The molecule has 0 radical (unpaired) electrons. The number of nitrogens with one attached hydrogen (secondary N) is 2. The number of pyridine rings is 1. The fourth-order valence-corrected chi connectivity index (χ4v) is 2.71. The van der Waals surface area contributed by atoms with Crippen LogP contribution < -0.4 is 16.4 Å². The van der Waals surface area contributed by atoms with Crippen LogP contribution in [0.25, 0.3) is 16.9 Å². The van der Waals surface area contributed by atoms with E-state index in [-0.39, 0.29) is 5.91 Å². The highest BCUT2D eigenvalue weighted by molar-refractivity contribution is 6.31. The van der Waals surface area contributed by atoms with Gasteiger partial charge in [0.2, 0.25) is 5.91 Å². The van der Waals surface area contributed by atoms with E-state index < -0.39 is 5.91 Å². The Balaban J connectivity index is 1.67. The molecular formula is C19H14N4O3. The van der Waals surface area contributed by atoms with Crippen molar-refractivity contribution >= 4 is 28.9 Å². The number of furan rings is 1. The van der Waals surface area contributed by atoms with Gasteiger partial charge in [0.15, 0.2) is 0 Å². The van der Waals surface area contributed by atoms with Gasteiger partial charge in [-0.05, 0) is 36.4 Å². The van der Waals surface area contributed by atoms with Crippen molar-refractivity contribution in [3.8, 4) is 11.3 Å². The minimum atomic E-state index is -0.516. The first-order chi connectivity index (χ1) is 12.6. The van der Waals surface area contributed by atoms with E-state index in [0.29, 0.717) is 34.0 Å². The minimum Gasteiger partial charge on any atom is -0.464 e. The van der Waals surface area contributed by atoms with E-state index in [9.17, 15) is 9.59 Å². The molecule has 0 spiro atoms. The van der Waals surface area contributed by atoms with Gasteiger partial charge < -0.3 is 20.8 Å². The average molecular weight is 346 g/mol. The Morgan fingerprint density at radius 1 is 1.23 bits per heavy atom. The van der Waals surface area contributed by atoms with Crippen molar-refractivity contribution in [2.75, 3.05) is 10.6 Å². The summed E-state index contributed by atoms with van der Waals surface area (Å²) >= 11 is 0. The van der Waals surface area contributed by atoms with E-state index in [0.717, 1.165) is 5.56 Å². The van der Waals surface area contributed by atoms with Crippen molar-refractivity contribution in [3.05, 3.63) is 72.3 Å². The second-order valence-corrected chi connectivity index (χ2v) is 5.70. The van der Waals surface area contributed by atoms with Crippen LogP contribution in [0, 0.1) is 0 Å². The van der Waals surface area contributed by atoms with Crippen LogP contribution in [0.1, 0.15) is 15.9 Å². The van der Waals surface area contributed by atoms with E-state index in [1.807, 2.05) is 12.1 Å². The first-order valence-corrected chi connectivity index (χ1v) is 7.84. The number of nitrogens with two attached hydrogens (primary N) is 1. The van der Waals surface area contributed by atoms with Crippen molar-refractivity contribution in [1.29, 1.82) is 0 Å². The topological polar surface area (TPSA) is 110 Å². The summed E-state index contributed by atoms with van der Waals surface area (Å²) in [4.78, 5) is 27.8. The maximum absolute atomic E-state index is 12.3. The normalized spacial score (nSPS) is 14.2. The summed E-state index contributed by atoms with van der Waals surface area (Å²) in [5, 5.41) is 5.75. The number of primary amides is 1. The fourth-order valence-electron chi connectivity index (χ4n) is 2.71. The van der Waals surface area contributed by atoms with Gasteiger partial charge in [0.05, 0.1) is 11.8 Å². The summed E-state index contributed by atoms with van der Waals surface area (Å²) < 4.78 is 5.38. The maximum Gasteiger partial charge on any atom is 0.259 e. The Hall–Kier alpha value is -3.87. The molecule has 1 aliphatic rings. The number of carbonyl (C=O) groups is 2. The van der Waals surface area contributed by atoms with Crippen molar-refractivity contribution in [2.45, 2.75) is 0 Å². The highest BCUT2D eigenvalue weighted by Crippen LogP contribution is 2.33. The fraction of sp³-hybridized carbons (Fsp3) is 0. The second-order valence-electron chi connectivity index (χ2n) is 5.70. The Bertz CT molecular complexity index is 1040. The molecule has 4 rings (SSSR count). The Kier molecular flexibility index (Phi) is 3.74. The number of carbonyl (C=O) groups excluding carboxylic acids is 2. The molecule has 7 heteroatoms. The summed E-state index contributed by atoms with van der Waals surface area (Å²) in [6, 6.07) is 12.2. The van der Waals surface area contributed by atoms with Gasteiger partial charge in [-0.3, -0.25) is 9.59 Å². The van der Waals surface area contributed by atoms with E-state index >= 15 is 0 Å². The Morgan fingerprint density at radius 2 is 2.12 bits per heavy atom. The van der Waals surface area contributed by atoms with Crippen LogP contribution in [0.4, 0.5) is 11.5 Å². The lowest BCUT2D eigenvalue weighted by atomic mass is 10.1. The molecule has 0 saturated heterocycles. The van der Waals surface area contributed by atoms with Crippen molar-refractivity contribution in [3.63, 3.8) is 0 Å². The number of hydrogen-bond acceptors (Lipinski definition) is 5. The summed E-state index contributed by atoms with van der Waals surface area (Å²) in [6.45, 7) is 0. The van der Waals surface area contributed by atoms with Gasteiger partial charge in [0.25, 0.3) is 5.91 Å². The highest BCUT2D eigenvalue weighted by Gasteiger charge is 2.26. The first kappa shape index (κ1) is 15.6. The third-order valence-corrected chi connectivity index (χ3v) is 3.99. The third kappa shape index (κ3) is 2.82. The molecule has 7 nitrogen and oxygen atoms in total. The molecule has 3 aromatic rings. The molecule has 1 aliphatic heterocycles. The molecule has 4 N–H and O–H groups in total. The van der Waals surface area contributed by atoms with Gasteiger partial charge in [-0.25, -0.2) is 4.98 Å². The zero-order valence-electron chi connectivity index (χ0n) is 13.5. The largest absolute Gasteiger partial charge is 0.464 e. The Morgan fingerprint density at radius 3 is 2.88 bits per heavy atom. The van der Waals surface area contributed by atoms with Crippen LogP contribution >= 0.6 is 0 Å². The van der Waals surface area contributed by atoms with Crippen LogP contribution in [-0.4, -0.2) is 16.8 Å². The lowest BCUT2D eigenvalue weighted by Crippen LogP contribution is -2.11. The van der Waals surface area contributed by atoms with Gasteiger partial charge in [0.1, 0.15) is 11.6 Å². The molecule has 26 heavy (non-hydrogen) atoms. The predicted molar refractivity (Wildman–Crippen MR) is 97.1 cm³/mol. The van der Waals surface area contributed by atoms with Crippen molar-refractivity contribution < 1.29 is 14.0 Å². The maximum atomic E-state index is 12.3. The first-order valence-electron chi connectivity index (χ1n) is 7.84. The van der Waals surface area contributed by atoms with E-state index in [2.05, 4.69) is 15.6 Å². The number of benzene rings is 1. The summed E-state index contributed by atoms with van der Waals surface area (Å²) in [6.07, 6.45) is 4.80. The monoisotopic (exact) mass is 346 g/mol. The molecule has 128 valence electrons. The van der Waals surface area contributed by atoms with Crippen LogP contribution in [0.2, 0.25) is 0 Å². The van der Waals surface area contributed by atoms with Gasteiger partial charge in [-0.1, -0.05) is 6.07 Å². The number of amides is 2. The molecule has 0 bridgehead atoms. The number of hydrogen-bond donors (Lipinski definition) is 3. The lowest BCUT2D eigenvalue weighted by Gasteiger charge is -2.05. The van der Waals surface area contributed by atoms with E-state index in [1.165, 1.54) is 0 Å². The molecule has 0 saturated carbocycles. The molecule has 0 atom stereocenters. The van der Waals surface area contributed by atoms with Gasteiger partial charge in [0, 0.05) is 34.8 Å². The molecule has 3 heterocycles. The number of rotatable bonds is 4. The van der Waals surface area contributed by atoms with Crippen molar-refractivity contribution in [2.24, 2.45) is 5.73 Å². The van der Waals surface area contributed by atoms with E-state index in [1.54, 1.807) is 49.0 Å². The zero-order chi connectivity index (χ0) is 18.1. The van der Waals surface area contributed by atoms with E-state index in [4.69, 9.17) is 10.2 Å². The molecule has 0 aliphatic carbocycles. The van der Waals surface area contributed by atoms with Crippen LogP contribution in [0.5, 0.6) is 0 Å². The lowest BCUT2D eigenvalue weighted by molar-refractivity contribution is -0.110. The zero-order valence-corrected chi connectivity index (χ0v) is 13.5. The second kappa shape index (κ2) is 6.21. The van der Waals surface area contributed by atoms with Crippen LogP contribution in [0.3, 0.4) is 0 Å². The number of nitrogens with zero attached hydrogens (tertiary/aromatic N) is 1. The average Bonchev–Trinajstić information content (AvgIpc) is 3.27. The molecule has 2 amide bonds. The third-order valence-electron chi connectivity index (χ3n) is 3.99. The number of aromatic nitrogens is 1. The van der Waals surface area contributed by atoms with Gasteiger partial charge >= 0.3 is 0 Å². The number of anilines is 2. The smallest absolute Gasteiger partial charge is 0.259 e. The molecular weight excluding hydrogens is 332 g/mol. The predicted octanol–water partition coefficient (Wildman–Crippen LogP) is 2.85. The summed E-state index contributed by atoms with van der Waals surface area (Å²) in [5.41, 5.74) is 8.19. The molecule has 0 fully saturated rings. The van der Waals surface area contributed by atoms with Crippen LogP contribution in [-0.2, 0) is 4.79 Å². The molecule has 0 unspecified atom stereocenters. The SMILES string of the molecule is NC(=O)c1cccc(N/C=C2\C(=O)Nc3ncc(-c4ccco4)cc32)c1. The summed E-state index contributed by atoms with van der Waals surface area (Å²) in [7, 11) is 0. The van der Waals surface area contributed by atoms with Crippen molar-refractivity contribution in [1.82, 2.24) is 4.98 Å². The number of fused-ring (bicyclic) bond motifs is 1. The quantitative estimate of drug-likeness (QED) is 0.629. The van der Waals surface area contributed by atoms with Crippen LogP contribution in [0.15, 0.2) is 65.5 Å². The summed E-state index contributed by atoms with van der Waals surface area (Å²) in [5.74, 6) is 0.380. The Labute approximate surface area is 148 Å². The standard InChI is InChI=1S/C19H14N4O3/c20-17(24)11-3-1-4-13(7-11)21-10-15-14-8-12(16-5-2-6-26-16)9-22-18(14)23-19(15)25/h1-10,21H,(H2,20,24)(H,22,23,25)/b15-10-.